The Hall–Kier alpha value is -2.18. The summed E-state index contributed by atoms with van der Waals surface area (Å²) in [6.07, 6.45) is -4.20. The van der Waals surface area contributed by atoms with Crippen LogP contribution < -0.4 is 0 Å². The first-order chi connectivity index (χ1) is 12.5. The van der Waals surface area contributed by atoms with Gasteiger partial charge in [-0.15, -0.1) is 10.2 Å². The van der Waals surface area contributed by atoms with Crippen LogP contribution in [-0.2, 0) is 10.4 Å². The van der Waals surface area contributed by atoms with Gasteiger partial charge in [0.05, 0.1) is 12.9 Å². The van der Waals surface area contributed by atoms with E-state index in [9.17, 15) is 18.0 Å². The first kappa shape index (κ1) is 23.9. The number of alkyl halides is 3. The van der Waals surface area contributed by atoms with E-state index in [0.29, 0.717) is 12.0 Å². The first-order valence-electron chi connectivity index (χ1n) is 8.91. The summed E-state index contributed by atoms with van der Waals surface area (Å²) in [5.74, 6) is 0.743. The highest BCUT2D eigenvalue weighted by molar-refractivity contribution is 5.96. The molecular formula is C21H29F3N2O2. The van der Waals surface area contributed by atoms with E-state index < -0.39 is 11.8 Å². The summed E-state index contributed by atoms with van der Waals surface area (Å²) in [6.45, 7) is 15.7. The summed E-state index contributed by atoms with van der Waals surface area (Å²) in [4.78, 5) is 12.0. The van der Waals surface area contributed by atoms with Crippen LogP contribution in [0.4, 0.5) is 13.2 Å². The minimum Gasteiger partial charge on any atom is -0.501 e. The lowest BCUT2D eigenvalue weighted by Crippen LogP contribution is -2.30. The van der Waals surface area contributed by atoms with Gasteiger partial charge in [-0.25, -0.2) is 0 Å². The van der Waals surface area contributed by atoms with E-state index in [2.05, 4.69) is 37.6 Å². The van der Waals surface area contributed by atoms with E-state index in [4.69, 9.17) is 4.74 Å². The van der Waals surface area contributed by atoms with E-state index in [1.165, 1.54) is 24.3 Å². The number of ketones is 1. The van der Waals surface area contributed by atoms with E-state index >= 15 is 0 Å². The van der Waals surface area contributed by atoms with E-state index in [1.54, 1.807) is 7.11 Å². The molecular weight excluding hydrogens is 369 g/mol. The molecule has 4 nitrogen and oxygen atoms in total. The van der Waals surface area contributed by atoms with E-state index in [-0.39, 0.29) is 22.2 Å². The smallest absolute Gasteiger partial charge is 0.442 e. The van der Waals surface area contributed by atoms with Gasteiger partial charge in [-0.05, 0) is 5.41 Å². The number of hydrogen-bond acceptors (Lipinski definition) is 4. The van der Waals surface area contributed by atoms with Gasteiger partial charge in [0, 0.05) is 23.0 Å². The molecule has 2 rings (SSSR count). The number of halogens is 3. The zero-order chi connectivity index (χ0) is 22.0. The molecule has 1 aliphatic rings. The van der Waals surface area contributed by atoms with Crippen molar-refractivity contribution in [1.82, 2.24) is 0 Å². The highest BCUT2D eigenvalue weighted by Crippen LogP contribution is 2.52. The maximum Gasteiger partial charge on any atom is 0.442 e. The standard InChI is InChI=1S/C14H15F3N2O.C7H14O/c1-12(2,3)8-11(20)9-4-6-10(7-5-9)13(18-19-13)14(15,16)17;1-6(8-5)7(2,3)4/h4-7H,8H2,1-3H3;1H2,2-5H3. The van der Waals surface area contributed by atoms with E-state index in [0.717, 1.165) is 5.76 Å². The fraction of sp³-hybridized carbons (Fsp3) is 0.571. The van der Waals surface area contributed by atoms with Crippen molar-refractivity contribution in [3.63, 3.8) is 0 Å². The molecule has 0 atom stereocenters. The predicted octanol–water partition coefficient (Wildman–Crippen LogP) is 6.68. The van der Waals surface area contributed by atoms with Gasteiger partial charge < -0.3 is 4.74 Å². The number of carbonyl (C=O) groups is 1. The number of nitrogens with zero attached hydrogens (tertiary/aromatic N) is 2. The third kappa shape index (κ3) is 6.17. The Kier molecular flexibility index (Phi) is 6.86. The molecule has 0 aliphatic carbocycles. The molecule has 1 aliphatic heterocycles. The largest absolute Gasteiger partial charge is 0.501 e. The molecule has 0 radical (unpaired) electrons. The van der Waals surface area contributed by atoms with Crippen LogP contribution in [0.15, 0.2) is 46.8 Å². The van der Waals surface area contributed by atoms with Gasteiger partial charge in [0.15, 0.2) is 5.78 Å². The van der Waals surface area contributed by atoms with Crippen LogP contribution in [0.2, 0.25) is 0 Å². The monoisotopic (exact) mass is 398 g/mol. The summed E-state index contributed by atoms with van der Waals surface area (Å²) in [5, 5.41) is 6.25. The number of hydrogen-bond donors (Lipinski definition) is 0. The van der Waals surface area contributed by atoms with Gasteiger partial charge >= 0.3 is 11.8 Å². The number of rotatable bonds is 4. The maximum absolute atomic E-state index is 12.8. The molecule has 28 heavy (non-hydrogen) atoms. The lowest BCUT2D eigenvalue weighted by atomic mass is 9.87. The summed E-state index contributed by atoms with van der Waals surface area (Å²) in [6, 6.07) is 5.34. The second-order valence-corrected chi connectivity index (χ2v) is 8.99. The third-order valence-corrected chi connectivity index (χ3v) is 4.08. The fourth-order valence-corrected chi connectivity index (χ4v) is 2.22. The summed E-state index contributed by atoms with van der Waals surface area (Å²) in [5.41, 5.74) is -2.14. The fourth-order valence-electron chi connectivity index (χ4n) is 2.22. The Labute approximate surface area is 164 Å². The number of methoxy groups -OCH3 is 1. The van der Waals surface area contributed by atoms with Crippen molar-refractivity contribution >= 4 is 5.78 Å². The Bertz CT molecular complexity index is 731. The summed E-state index contributed by atoms with van der Waals surface area (Å²) < 4.78 is 43.3. The van der Waals surface area contributed by atoms with Gasteiger partial charge in [0.2, 0.25) is 0 Å². The molecule has 156 valence electrons. The second-order valence-electron chi connectivity index (χ2n) is 8.99. The molecule has 0 fully saturated rings. The van der Waals surface area contributed by atoms with Crippen molar-refractivity contribution in [2.45, 2.75) is 59.8 Å². The van der Waals surface area contributed by atoms with Gasteiger partial charge in [0.1, 0.15) is 0 Å². The van der Waals surface area contributed by atoms with Gasteiger partial charge in [0.25, 0.3) is 0 Å². The number of allylic oxidation sites excluding steroid dienone is 1. The highest BCUT2D eigenvalue weighted by Gasteiger charge is 2.65. The molecule has 0 unspecified atom stereocenters. The van der Waals surface area contributed by atoms with Crippen LogP contribution in [0.3, 0.4) is 0 Å². The Morgan fingerprint density at radius 1 is 1.04 bits per heavy atom. The minimum atomic E-state index is -4.54. The molecule has 1 aromatic rings. The van der Waals surface area contributed by atoms with Crippen molar-refractivity contribution in [3.8, 4) is 0 Å². The van der Waals surface area contributed by atoms with E-state index in [1.807, 2.05) is 20.8 Å². The lowest BCUT2D eigenvalue weighted by Gasteiger charge is -2.19. The normalized spacial score (nSPS) is 15.4. The average molecular weight is 398 g/mol. The van der Waals surface area contributed by atoms with Crippen LogP contribution in [0.25, 0.3) is 0 Å². The molecule has 1 aromatic carbocycles. The molecule has 0 aromatic heterocycles. The Balaban J connectivity index is 0.000000416. The van der Waals surface area contributed by atoms with Crippen LogP contribution >= 0.6 is 0 Å². The molecule has 0 amide bonds. The molecule has 1 heterocycles. The average Bonchev–Trinajstić information content (AvgIpc) is 3.34. The Morgan fingerprint density at radius 2 is 1.50 bits per heavy atom. The Morgan fingerprint density at radius 3 is 1.75 bits per heavy atom. The van der Waals surface area contributed by atoms with Crippen LogP contribution in [-0.4, -0.2) is 19.1 Å². The molecule has 7 heteroatoms. The third-order valence-electron chi connectivity index (χ3n) is 4.08. The SMILES string of the molecule is C=C(OC)C(C)(C)C.CC(C)(C)CC(=O)c1ccc(C2(C(F)(F)F)N=N2)cc1. The zero-order valence-corrected chi connectivity index (χ0v) is 17.6. The lowest BCUT2D eigenvalue weighted by molar-refractivity contribution is -0.166. The van der Waals surface area contributed by atoms with Crippen LogP contribution in [0.5, 0.6) is 0 Å². The predicted molar refractivity (Wildman–Crippen MR) is 103 cm³/mol. The molecule has 0 saturated heterocycles. The van der Waals surface area contributed by atoms with Crippen LogP contribution in [0.1, 0.15) is 63.9 Å². The number of carbonyl (C=O) groups excluding carboxylic acids is 1. The van der Waals surface area contributed by atoms with Crippen molar-refractivity contribution < 1.29 is 22.7 Å². The topological polar surface area (TPSA) is 51.0 Å². The van der Waals surface area contributed by atoms with Gasteiger partial charge in [-0.3, -0.25) is 4.79 Å². The second kappa shape index (κ2) is 8.05. The van der Waals surface area contributed by atoms with Crippen molar-refractivity contribution in [3.05, 3.63) is 47.7 Å². The zero-order valence-electron chi connectivity index (χ0n) is 17.6. The van der Waals surface area contributed by atoms with Crippen molar-refractivity contribution in [2.75, 3.05) is 7.11 Å². The molecule has 0 bridgehead atoms. The quantitative estimate of drug-likeness (QED) is 0.420. The molecule has 0 spiro atoms. The number of benzene rings is 1. The van der Waals surface area contributed by atoms with Crippen LogP contribution in [0, 0.1) is 10.8 Å². The summed E-state index contributed by atoms with van der Waals surface area (Å²) in [7, 11) is 1.65. The highest BCUT2D eigenvalue weighted by atomic mass is 19.4. The first-order valence-corrected chi connectivity index (χ1v) is 8.91. The molecule has 0 saturated carbocycles. The van der Waals surface area contributed by atoms with Gasteiger partial charge in [-0.1, -0.05) is 72.4 Å². The molecule has 0 N–H and O–H groups in total. The number of Topliss-reactive ketones (excluding diaryl/α,β-unsaturated/α-hetero) is 1. The minimum absolute atomic E-state index is 0.0580. The maximum atomic E-state index is 12.8. The summed E-state index contributed by atoms with van der Waals surface area (Å²) >= 11 is 0. The van der Waals surface area contributed by atoms with Gasteiger partial charge in [-0.2, -0.15) is 13.2 Å². The van der Waals surface area contributed by atoms with Crippen molar-refractivity contribution in [2.24, 2.45) is 21.1 Å². The van der Waals surface area contributed by atoms with Crippen molar-refractivity contribution in [1.29, 1.82) is 0 Å². The number of ether oxygens (including phenoxy) is 1.